The van der Waals surface area contributed by atoms with Gasteiger partial charge in [-0.3, -0.25) is 10.1 Å². The number of hydrogen-bond donors (Lipinski definition) is 0. The minimum atomic E-state index is -0.380. The molecule has 5 aromatic rings. The molecule has 31 heavy (non-hydrogen) atoms. The molecule has 0 saturated heterocycles. The summed E-state index contributed by atoms with van der Waals surface area (Å²) in [6, 6.07) is 21.3. The summed E-state index contributed by atoms with van der Waals surface area (Å²) in [4.78, 5) is 10.4. The fraction of sp³-hybridized carbons (Fsp3) is 0.125. The minimum Gasteiger partial charge on any atom is -1.00 e. The number of para-hydroxylation sites is 1. The normalized spacial score (nSPS) is 12.0. The van der Waals surface area contributed by atoms with Gasteiger partial charge in [-0.15, -0.1) is 0 Å². The topological polar surface area (TPSA) is 65.1 Å². The molecule has 7 heteroatoms. The maximum atomic E-state index is 10.8. The van der Waals surface area contributed by atoms with Crippen LogP contribution in [0.25, 0.3) is 21.9 Å². The summed E-state index contributed by atoms with van der Waals surface area (Å²) in [6.45, 7) is 2.82. The number of non-ortho nitro benzene ring substituents is 1. The third kappa shape index (κ3) is 3.96. The third-order valence-electron chi connectivity index (χ3n) is 5.55. The molecule has 5 rings (SSSR count). The number of furan rings is 1. The van der Waals surface area contributed by atoms with E-state index in [1.54, 1.807) is 24.3 Å². The summed E-state index contributed by atoms with van der Waals surface area (Å²) in [6.07, 6.45) is 6.13. The van der Waals surface area contributed by atoms with Crippen molar-refractivity contribution in [3.8, 4) is 0 Å². The Morgan fingerprint density at radius 2 is 1.77 bits per heavy atom. The first-order valence-corrected chi connectivity index (χ1v) is 9.79. The van der Waals surface area contributed by atoms with E-state index in [1.165, 1.54) is 5.56 Å². The van der Waals surface area contributed by atoms with Crippen LogP contribution in [0.3, 0.4) is 0 Å². The molecule has 0 aliphatic heterocycles. The molecule has 1 unspecified atom stereocenters. The summed E-state index contributed by atoms with van der Waals surface area (Å²) >= 11 is 0. The first kappa shape index (κ1) is 20.8. The van der Waals surface area contributed by atoms with Gasteiger partial charge in [0.25, 0.3) is 5.69 Å². The summed E-state index contributed by atoms with van der Waals surface area (Å²) in [7, 11) is 0. The first-order chi connectivity index (χ1) is 14.6. The SMILES string of the molecule is CC(c1ccc2oc3ccccc3c2c1)n1cc[n+](Cc2ccc([N+](=O)[O-])cc2)c1.[Br-]. The van der Waals surface area contributed by atoms with Crippen LogP contribution in [0.4, 0.5) is 5.69 Å². The van der Waals surface area contributed by atoms with Crippen LogP contribution in [0, 0.1) is 10.1 Å². The second-order valence-electron chi connectivity index (χ2n) is 7.49. The van der Waals surface area contributed by atoms with Crippen molar-refractivity contribution in [2.24, 2.45) is 0 Å². The summed E-state index contributed by atoms with van der Waals surface area (Å²) in [5, 5.41) is 13.1. The molecular weight excluding hydrogens is 458 g/mol. The fourth-order valence-electron chi connectivity index (χ4n) is 3.84. The Hall–Kier alpha value is -3.45. The van der Waals surface area contributed by atoms with E-state index in [2.05, 4.69) is 40.6 Å². The maximum Gasteiger partial charge on any atom is 0.269 e. The van der Waals surface area contributed by atoms with Crippen molar-refractivity contribution < 1.29 is 30.9 Å². The molecule has 6 nitrogen and oxygen atoms in total. The molecule has 0 saturated carbocycles. The van der Waals surface area contributed by atoms with Gasteiger partial charge in [0.15, 0.2) is 0 Å². The third-order valence-corrected chi connectivity index (χ3v) is 5.55. The molecule has 3 aromatic carbocycles. The molecule has 0 amide bonds. The van der Waals surface area contributed by atoms with Crippen molar-refractivity contribution in [2.45, 2.75) is 19.5 Å². The molecule has 0 spiro atoms. The zero-order valence-corrected chi connectivity index (χ0v) is 18.4. The maximum absolute atomic E-state index is 10.8. The van der Waals surface area contributed by atoms with Crippen LogP contribution in [0.15, 0.2) is 89.9 Å². The lowest BCUT2D eigenvalue weighted by Crippen LogP contribution is -3.00. The highest BCUT2D eigenvalue weighted by Crippen LogP contribution is 2.31. The molecule has 0 bridgehead atoms. The molecule has 0 radical (unpaired) electrons. The van der Waals surface area contributed by atoms with Crippen molar-refractivity contribution in [3.05, 3.63) is 107 Å². The van der Waals surface area contributed by atoms with Crippen LogP contribution in [0.2, 0.25) is 0 Å². The van der Waals surface area contributed by atoms with E-state index in [-0.39, 0.29) is 33.6 Å². The molecule has 2 heterocycles. The largest absolute Gasteiger partial charge is 1.00 e. The van der Waals surface area contributed by atoms with E-state index in [0.717, 1.165) is 27.5 Å². The molecular formula is C24H20BrN3O3. The van der Waals surface area contributed by atoms with Crippen LogP contribution in [-0.4, -0.2) is 9.49 Å². The Balaban J connectivity index is 0.00000231. The van der Waals surface area contributed by atoms with E-state index in [4.69, 9.17) is 4.42 Å². The van der Waals surface area contributed by atoms with Gasteiger partial charge < -0.3 is 21.4 Å². The number of nitrogens with zero attached hydrogens (tertiary/aromatic N) is 3. The van der Waals surface area contributed by atoms with E-state index in [9.17, 15) is 10.1 Å². The summed E-state index contributed by atoms with van der Waals surface area (Å²) < 4.78 is 10.2. The van der Waals surface area contributed by atoms with Gasteiger partial charge in [-0.1, -0.05) is 24.3 Å². The number of rotatable bonds is 5. The van der Waals surface area contributed by atoms with Crippen molar-refractivity contribution in [1.82, 2.24) is 4.57 Å². The predicted octanol–water partition coefficient (Wildman–Crippen LogP) is 2.24. The highest BCUT2D eigenvalue weighted by atomic mass is 79.9. The van der Waals surface area contributed by atoms with Gasteiger partial charge >= 0.3 is 0 Å². The van der Waals surface area contributed by atoms with E-state index < -0.39 is 0 Å². The van der Waals surface area contributed by atoms with Crippen molar-refractivity contribution in [3.63, 3.8) is 0 Å². The summed E-state index contributed by atoms with van der Waals surface area (Å²) in [5.74, 6) is 0. The average Bonchev–Trinajstić information content (AvgIpc) is 3.37. The highest BCUT2D eigenvalue weighted by Gasteiger charge is 2.17. The van der Waals surface area contributed by atoms with Crippen LogP contribution in [0.5, 0.6) is 0 Å². The molecule has 0 fully saturated rings. The van der Waals surface area contributed by atoms with Crippen LogP contribution in [-0.2, 0) is 6.54 Å². The number of halogens is 1. The van der Waals surface area contributed by atoms with Gasteiger partial charge in [0.1, 0.15) is 36.1 Å². The predicted molar refractivity (Wildman–Crippen MR) is 114 cm³/mol. The van der Waals surface area contributed by atoms with Gasteiger partial charge in [0.2, 0.25) is 6.33 Å². The van der Waals surface area contributed by atoms with Gasteiger partial charge in [0.05, 0.1) is 4.92 Å². The number of aromatic nitrogens is 2. The molecule has 0 aliphatic carbocycles. The average molecular weight is 478 g/mol. The Labute approximate surface area is 189 Å². The van der Waals surface area contributed by atoms with Crippen LogP contribution < -0.4 is 21.5 Å². The number of fused-ring (bicyclic) bond motifs is 3. The lowest BCUT2D eigenvalue weighted by molar-refractivity contribution is -0.687. The Morgan fingerprint density at radius 1 is 1.03 bits per heavy atom. The number of imidazole rings is 1. The Bertz CT molecular complexity index is 1370. The number of nitro benzene ring substituents is 1. The van der Waals surface area contributed by atoms with Crippen molar-refractivity contribution in [2.75, 3.05) is 0 Å². The number of benzene rings is 3. The minimum absolute atomic E-state index is 0. The second-order valence-corrected chi connectivity index (χ2v) is 7.49. The monoisotopic (exact) mass is 477 g/mol. The summed E-state index contributed by atoms with van der Waals surface area (Å²) in [5.41, 5.74) is 4.12. The van der Waals surface area contributed by atoms with Gasteiger partial charge in [-0.05, 0) is 48.4 Å². The van der Waals surface area contributed by atoms with Gasteiger partial charge in [-0.2, -0.15) is 0 Å². The zero-order chi connectivity index (χ0) is 20.7. The highest BCUT2D eigenvalue weighted by molar-refractivity contribution is 6.05. The van der Waals surface area contributed by atoms with Gasteiger partial charge in [0, 0.05) is 22.9 Å². The van der Waals surface area contributed by atoms with E-state index in [0.29, 0.717) is 6.54 Å². The molecule has 2 aromatic heterocycles. The van der Waals surface area contributed by atoms with Gasteiger partial charge in [-0.25, -0.2) is 9.13 Å². The molecule has 0 N–H and O–H groups in total. The van der Waals surface area contributed by atoms with Crippen molar-refractivity contribution in [1.29, 1.82) is 0 Å². The zero-order valence-electron chi connectivity index (χ0n) is 16.8. The fourth-order valence-corrected chi connectivity index (χ4v) is 3.84. The van der Waals surface area contributed by atoms with Crippen LogP contribution in [0.1, 0.15) is 24.1 Å². The molecule has 0 aliphatic rings. The van der Waals surface area contributed by atoms with Crippen LogP contribution >= 0.6 is 0 Å². The lowest BCUT2D eigenvalue weighted by Gasteiger charge is -2.08. The smallest absolute Gasteiger partial charge is 0.269 e. The quantitative estimate of drug-likeness (QED) is 0.221. The molecule has 156 valence electrons. The number of hydrogen-bond acceptors (Lipinski definition) is 3. The Morgan fingerprint density at radius 3 is 2.55 bits per heavy atom. The first-order valence-electron chi connectivity index (χ1n) is 9.79. The Kier molecular flexibility index (Phi) is 5.61. The number of nitro groups is 1. The van der Waals surface area contributed by atoms with Crippen molar-refractivity contribution >= 4 is 27.6 Å². The van der Waals surface area contributed by atoms with E-state index >= 15 is 0 Å². The second kappa shape index (κ2) is 8.35. The lowest BCUT2D eigenvalue weighted by atomic mass is 10.0. The standard InChI is InChI=1S/C24H20N3O3.BrH/c1-17(19-8-11-24-22(14-19)21-4-2-3-5-23(21)30-24)26-13-12-25(16-26)15-18-6-9-20(10-7-18)27(28)29;/h2-14,16-17H,15H2,1H3;1H/q+1;/p-1. The molecule has 1 atom stereocenters. The van der Waals surface area contributed by atoms with E-state index in [1.807, 2.05) is 36.7 Å².